The fourth-order valence-corrected chi connectivity index (χ4v) is 1.97. The van der Waals surface area contributed by atoms with Crippen LogP contribution in [0.25, 0.3) is 0 Å². The number of nitrogens with one attached hydrogen (secondary N) is 1. The Morgan fingerprint density at radius 2 is 2.06 bits per heavy atom. The Balaban J connectivity index is 2.12. The van der Waals surface area contributed by atoms with Crippen LogP contribution in [0.5, 0.6) is 0 Å². The zero-order chi connectivity index (χ0) is 12.5. The highest BCUT2D eigenvalue weighted by Crippen LogP contribution is 2.36. The van der Waals surface area contributed by atoms with Gasteiger partial charge in [0, 0.05) is 4.90 Å². The van der Waals surface area contributed by atoms with Crippen molar-refractivity contribution in [3.8, 4) is 0 Å². The first-order chi connectivity index (χ1) is 8.01. The molecule has 3 N–H and O–H groups in total. The summed E-state index contributed by atoms with van der Waals surface area (Å²) in [6.07, 6.45) is 1.28. The highest BCUT2D eigenvalue weighted by Gasteiger charge is 2.46. The lowest BCUT2D eigenvalue weighted by molar-refractivity contribution is -0.118. The molecule has 0 atom stereocenters. The van der Waals surface area contributed by atoms with Gasteiger partial charge in [-0.2, -0.15) is 8.78 Å². The van der Waals surface area contributed by atoms with Crippen LogP contribution < -0.4 is 11.1 Å². The van der Waals surface area contributed by atoms with E-state index in [1.165, 1.54) is 0 Å². The normalized spacial score (nSPS) is 16.9. The molecule has 0 radical (unpaired) electrons. The monoisotopic (exact) mass is 258 g/mol. The number of hydrogen-bond acceptors (Lipinski definition) is 3. The zero-order valence-corrected chi connectivity index (χ0v) is 9.77. The van der Waals surface area contributed by atoms with Gasteiger partial charge in [0.1, 0.15) is 0 Å². The molecule has 0 heterocycles. The quantitative estimate of drug-likeness (QED) is 0.815. The van der Waals surface area contributed by atoms with Gasteiger partial charge in [0.05, 0.1) is 11.2 Å². The minimum Gasteiger partial charge on any atom is -0.323 e. The van der Waals surface area contributed by atoms with E-state index in [1.54, 1.807) is 24.3 Å². The maximum absolute atomic E-state index is 12.3. The number of amides is 1. The minimum atomic E-state index is -2.51. The number of hydrogen-bond donors (Lipinski definition) is 2. The summed E-state index contributed by atoms with van der Waals surface area (Å²) < 4.78 is 24.6. The molecule has 17 heavy (non-hydrogen) atoms. The van der Waals surface area contributed by atoms with Gasteiger partial charge in [-0.25, -0.2) is 0 Å². The molecule has 3 nitrogen and oxygen atoms in total. The molecule has 92 valence electrons. The molecule has 1 aliphatic carbocycles. The van der Waals surface area contributed by atoms with Crippen molar-refractivity contribution in [3.63, 3.8) is 0 Å². The molecule has 1 fully saturated rings. The average Bonchev–Trinajstić information content (AvgIpc) is 3.00. The molecule has 1 aliphatic rings. The van der Waals surface area contributed by atoms with Crippen molar-refractivity contribution in [1.82, 2.24) is 0 Å². The minimum absolute atomic E-state index is 0.306. The molecule has 0 bridgehead atoms. The second-order valence-electron chi connectivity index (χ2n) is 3.98. The number of benzene rings is 1. The topological polar surface area (TPSA) is 55.1 Å². The van der Waals surface area contributed by atoms with Crippen LogP contribution in [0.4, 0.5) is 14.5 Å². The zero-order valence-electron chi connectivity index (χ0n) is 8.95. The van der Waals surface area contributed by atoms with Crippen molar-refractivity contribution in [2.45, 2.75) is 29.0 Å². The molecule has 6 heteroatoms. The van der Waals surface area contributed by atoms with Crippen LogP contribution in [-0.4, -0.2) is 17.2 Å². The van der Waals surface area contributed by atoms with Crippen LogP contribution in [0.15, 0.2) is 29.2 Å². The van der Waals surface area contributed by atoms with Crippen LogP contribution in [0.1, 0.15) is 12.8 Å². The largest absolute Gasteiger partial charge is 0.323 e. The van der Waals surface area contributed by atoms with E-state index in [1.807, 2.05) is 0 Å². The van der Waals surface area contributed by atoms with Crippen molar-refractivity contribution in [2.24, 2.45) is 5.73 Å². The van der Waals surface area contributed by atoms with Crippen molar-refractivity contribution in [1.29, 1.82) is 0 Å². The number of nitrogens with two attached hydrogens (primary N) is 1. The van der Waals surface area contributed by atoms with E-state index in [4.69, 9.17) is 5.73 Å². The fourth-order valence-electron chi connectivity index (χ4n) is 1.38. The summed E-state index contributed by atoms with van der Waals surface area (Å²) in [6, 6.07) is 6.47. The van der Waals surface area contributed by atoms with Gasteiger partial charge in [0.15, 0.2) is 0 Å². The van der Waals surface area contributed by atoms with Crippen LogP contribution >= 0.6 is 11.8 Å². The Labute approximate surface area is 102 Å². The Morgan fingerprint density at radius 1 is 1.41 bits per heavy atom. The summed E-state index contributed by atoms with van der Waals surface area (Å²) in [7, 11) is 0. The number of alkyl halides is 2. The Hall–Kier alpha value is -1.14. The Kier molecular flexibility index (Phi) is 3.35. The summed E-state index contributed by atoms with van der Waals surface area (Å²) in [5.74, 6) is -2.82. The molecule has 1 aromatic rings. The third kappa shape index (κ3) is 2.95. The lowest BCUT2D eigenvalue weighted by atomic mass is 10.2. The third-order valence-corrected chi connectivity index (χ3v) is 3.38. The van der Waals surface area contributed by atoms with Crippen LogP contribution in [0, 0.1) is 0 Å². The van der Waals surface area contributed by atoms with Gasteiger partial charge in [-0.15, -0.1) is 0 Å². The van der Waals surface area contributed by atoms with Crippen LogP contribution in [0.3, 0.4) is 0 Å². The molecule has 0 spiro atoms. The van der Waals surface area contributed by atoms with E-state index in [-0.39, 0.29) is 5.91 Å². The molecule has 1 saturated carbocycles. The van der Waals surface area contributed by atoms with Crippen LogP contribution in [0.2, 0.25) is 0 Å². The summed E-state index contributed by atoms with van der Waals surface area (Å²) in [4.78, 5) is 12.0. The third-order valence-electron chi connectivity index (χ3n) is 2.59. The van der Waals surface area contributed by atoms with E-state index in [2.05, 4.69) is 5.32 Å². The first-order valence-electron chi connectivity index (χ1n) is 5.15. The molecule has 1 amide bonds. The smallest absolute Gasteiger partial charge is 0.288 e. The van der Waals surface area contributed by atoms with E-state index in [9.17, 15) is 13.6 Å². The molecule has 2 rings (SSSR count). The van der Waals surface area contributed by atoms with Gasteiger partial charge in [0.2, 0.25) is 5.91 Å². The first kappa shape index (κ1) is 12.3. The summed E-state index contributed by atoms with van der Waals surface area (Å²) in [5, 5.41) is 2.60. The van der Waals surface area contributed by atoms with Crippen molar-refractivity contribution in [2.75, 3.05) is 5.32 Å². The SMILES string of the molecule is NC1(C(=O)Nc2ccccc2SC(F)F)CC1. The Morgan fingerprint density at radius 3 is 2.65 bits per heavy atom. The van der Waals surface area contributed by atoms with E-state index in [0.29, 0.717) is 35.2 Å². The molecular weight excluding hydrogens is 246 g/mol. The van der Waals surface area contributed by atoms with Gasteiger partial charge < -0.3 is 11.1 Å². The molecule has 0 saturated heterocycles. The van der Waals surface area contributed by atoms with Gasteiger partial charge in [0.25, 0.3) is 5.76 Å². The lowest BCUT2D eigenvalue weighted by Gasteiger charge is -2.13. The number of carbonyl (C=O) groups is 1. The maximum Gasteiger partial charge on any atom is 0.288 e. The van der Waals surface area contributed by atoms with E-state index in [0.717, 1.165) is 0 Å². The second kappa shape index (κ2) is 4.62. The number of thioether (sulfide) groups is 1. The summed E-state index contributed by atoms with van der Waals surface area (Å²) in [6.45, 7) is 0. The molecular formula is C11H12F2N2OS. The predicted octanol–water partition coefficient (Wildman–Crippen LogP) is 2.43. The summed E-state index contributed by atoms with van der Waals surface area (Å²) in [5.41, 5.74) is 5.31. The molecule has 0 aliphatic heterocycles. The highest BCUT2D eigenvalue weighted by molar-refractivity contribution is 7.99. The first-order valence-corrected chi connectivity index (χ1v) is 6.03. The fraction of sp³-hybridized carbons (Fsp3) is 0.364. The maximum atomic E-state index is 12.3. The molecule has 1 aromatic carbocycles. The number of para-hydroxylation sites is 1. The number of rotatable bonds is 4. The number of halogens is 2. The standard InChI is InChI=1S/C11H12F2N2OS/c12-10(13)17-8-4-2-1-3-7(8)15-9(16)11(14)5-6-11/h1-4,10H,5-6,14H2,(H,15,16). The van der Waals surface area contributed by atoms with Crippen LogP contribution in [-0.2, 0) is 4.79 Å². The predicted molar refractivity (Wildman–Crippen MR) is 63.1 cm³/mol. The van der Waals surface area contributed by atoms with E-state index < -0.39 is 11.3 Å². The Bertz CT molecular complexity index is 435. The van der Waals surface area contributed by atoms with Gasteiger partial charge in [-0.3, -0.25) is 4.79 Å². The van der Waals surface area contributed by atoms with Crippen molar-refractivity contribution >= 4 is 23.4 Å². The summed E-state index contributed by atoms with van der Waals surface area (Å²) >= 11 is 0.409. The van der Waals surface area contributed by atoms with Gasteiger partial charge in [-0.05, 0) is 25.0 Å². The van der Waals surface area contributed by atoms with Gasteiger partial charge >= 0.3 is 0 Å². The number of anilines is 1. The lowest BCUT2D eigenvalue weighted by Crippen LogP contribution is -2.37. The molecule has 0 unspecified atom stereocenters. The van der Waals surface area contributed by atoms with Crippen molar-refractivity contribution < 1.29 is 13.6 Å². The number of carbonyl (C=O) groups excluding carboxylic acids is 1. The van der Waals surface area contributed by atoms with E-state index >= 15 is 0 Å². The second-order valence-corrected chi connectivity index (χ2v) is 5.02. The molecule has 0 aromatic heterocycles. The highest BCUT2D eigenvalue weighted by atomic mass is 32.2. The van der Waals surface area contributed by atoms with Gasteiger partial charge in [-0.1, -0.05) is 23.9 Å². The van der Waals surface area contributed by atoms with Crippen molar-refractivity contribution in [3.05, 3.63) is 24.3 Å². The average molecular weight is 258 g/mol.